The highest BCUT2D eigenvalue weighted by molar-refractivity contribution is 6.17. The maximum absolute atomic E-state index is 9.03. The summed E-state index contributed by atoms with van der Waals surface area (Å²) in [6.07, 6.45) is 2.15. The summed E-state index contributed by atoms with van der Waals surface area (Å²) in [6.45, 7) is 3.17. The summed E-state index contributed by atoms with van der Waals surface area (Å²) < 4.78 is 0. The fourth-order valence-electron chi connectivity index (χ4n) is 1.77. The number of alkyl halides is 1. The van der Waals surface area contributed by atoms with Gasteiger partial charge in [0.05, 0.1) is 11.3 Å². The first kappa shape index (κ1) is 13.9. The van der Waals surface area contributed by atoms with Gasteiger partial charge in [0, 0.05) is 19.5 Å². The lowest BCUT2D eigenvalue weighted by molar-refractivity contribution is 0.520. The third-order valence-electron chi connectivity index (χ3n) is 2.99. The van der Waals surface area contributed by atoms with Gasteiger partial charge in [-0.05, 0) is 30.9 Å². The van der Waals surface area contributed by atoms with Crippen LogP contribution in [0.3, 0.4) is 0 Å². The van der Waals surface area contributed by atoms with Crippen LogP contribution in [-0.2, 0) is 0 Å². The Morgan fingerprint density at radius 2 is 2.06 bits per heavy atom. The number of para-hydroxylation sites is 1. The van der Waals surface area contributed by atoms with E-state index in [-0.39, 0.29) is 0 Å². The van der Waals surface area contributed by atoms with E-state index in [1.54, 1.807) is 0 Å². The molecule has 0 fully saturated rings. The van der Waals surface area contributed by atoms with Gasteiger partial charge >= 0.3 is 0 Å². The fraction of sp³-hybridized carbons (Fsp3) is 0.500. The molecule has 0 N–H and O–H groups in total. The van der Waals surface area contributed by atoms with Crippen LogP contribution >= 0.6 is 11.6 Å². The first-order valence-corrected chi connectivity index (χ1v) is 6.48. The second-order valence-corrected chi connectivity index (χ2v) is 4.80. The minimum atomic E-state index is 0.629. The van der Waals surface area contributed by atoms with Crippen molar-refractivity contribution < 1.29 is 0 Å². The maximum atomic E-state index is 9.03. The van der Waals surface area contributed by atoms with E-state index >= 15 is 0 Å². The van der Waals surface area contributed by atoms with Crippen LogP contribution in [0.1, 0.15) is 25.3 Å². The van der Waals surface area contributed by atoms with Gasteiger partial charge in [-0.2, -0.15) is 5.26 Å². The Balaban J connectivity index is 2.58. The zero-order valence-corrected chi connectivity index (χ0v) is 11.2. The number of hydrogen-bond acceptors (Lipinski definition) is 2. The van der Waals surface area contributed by atoms with Crippen LogP contribution in [0.2, 0.25) is 0 Å². The van der Waals surface area contributed by atoms with Crippen molar-refractivity contribution in [3.8, 4) is 6.07 Å². The fourth-order valence-corrected chi connectivity index (χ4v) is 2.14. The lowest BCUT2D eigenvalue weighted by Gasteiger charge is -2.22. The first-order chi connectivity index (χ1) is 8.19. The van der Waals surface area contributed by atoms with Crippen molar-refractivity contribution in [3.05, 3.63) is 29.8 Å². The van der Waals surface area contributed by atoms with Gasteiger partial charge < -0.3 is 4.90 Å². The molecule has 3 heteroatoms. The highest BCUT2D eigenvalue weighted by Gasteiger charge is 2.08. The molecule has 0 radical (unpaired) electrons. The summed E-state index contributed by atoms with van der Waals surface area (Å²) in [7, 11) is 2.03. The zero-order chi connectivity index (χ0) is 12.7. The van der Waals surface area contributed by atoms with E-state index in [1.807, 2.05) is 31.3 Å². The van der Waals surface area contributed by atoms with Gasteiger partial charge in [0.25, 0.3) is 0 Å². The Morgan fingerprint density at radius 1 is 1.35 bits per heavy atom. The summed E-state index contributed by atoms with van der Waals surface area (Å²) in [5.74, 6) is 1.35. The topological polar surface area (TPSA) is 27.0 Å². The van der Waals surface area contributed by atoms with Crippen LogP contribution in [0, 0.1) is 17.2 Å². The smallest absolute Gasteiger partial charge is 0.101 e. The van der Waals surface area contributed by atoms with E-state index in [0.29, 0.717) is 5.92 Å². The van der Waals surface area contributed by atoms with E-state index in [0.717, 1.165) is 36.5 Å². The Hall–Kier alpha value is -1.20. The molecule has 0 saturated heterocycles. The number of anilines is 1. The molecule has 0 aliphatic rings. The van der Waals surface area contributed by atoms with Crippen LogP contribution in [0.25, 0.3) is 0 Å². The molecule has 1 unspecified atom stereocenters. The standard InChI is InChI=1S/C14H19ClN2/c1-12(7-9-15)8-10-17(2)14-6-4-3-5-13(14)11-16/h3-6,12H,7-10H2,1-2H3. The summed E-state index contributed by atoms with van der Waals surface area (Å²) in [5, 5.41) is 9.03. The number of benzene rings is 1. The van der Waals surface area contributed by atoms with E-state index in [2.05, 4.69) is 17.9 Å². The Labute approximate surface area is 109 Å². The van der Waals surface area contributed by atoms with E-state index in [9.17, 15) is 0 Å². The van der Waals surface area contributed by atoms with Gasteiger partial charge in [-0.3, -0.25) is 0 Å². The van der Waals surface area contributed by atoms with Crippen molar-refractivity contribution in [2.24, 2.45) is 5.92 Å². The average molecular weight is 251 g/mol. The SMILES string of the molecule is CC(CCCl)CCN(C)c1ccccc1C#N. The molecule has 0 aliphatic heterocycles. The quantitative estimate of drug-likeness (QED) is 0.721. The van der Waals surface area contributed by atoms with Crippen molar-refractivity contribution in [2.75, 3.05) is 24.4 Å². The largest absolute Gasteiger partial charge is 0.374 e. The van der Waals surface area contributed by atoms with Crippen molar-refractivity contribution in [1.82, 2.24) is 0 Å². The number of halogens is 1. The summed E-state index contributed by atoms with van der Waals surface area (Å²) in [4.78, 5) is 2.14. The number of nitriles is 1. The molecule has 1 aromatic carbocycles. The lowest BCUT2D eigenvalue weighted by Crippen LogP contribution is -2.21. The third-order valence-corrected chi connectivity index (χ3v) is 3.21. The second-order valence-electron chi connectivity index (χ2n) is 4.42. The molecule has 0 spiro atoms. The Morgan fingerprint density at radius 3 is 2.71 bits per heavy atom. The molecule has 1 atom stereocenters. The maximum Gasteiger partial charge on any atom is 0.101 e. The monoisotopic (exact) mass is 250 g/mol. The van der Waals surface area contributed by atoms with Crippen LogP contribution in [0.15, 0.2) is 24.3 Å². The number of hydrogen-bond donors (Lipinski definition) is 0. The third kappa shape index (κ3) is 4.28. The predicted molar refractivity (Wildman–Crippen MR) is 73.5 cm³/mol. The molecule has 0 heterocycles. The summed E-state index contributed by atoms with van der Waals surface area (Å²) >= 11 is 5.72. The van der Waals surface area contributed by atoms with Gasteiger partial charge in [-0.1, -0.05) is 19.1 Å². The van der Waals surface area contributed by atoms with Gasteiger partial charge in [0.15, 0.2) is 0 Å². The predicted octanol–water partition coefficient (Wildman–Crippen LogP) is 3.65. The highest BCUT2D eigenvalue weighted by Crippen LogP contribution is 2.19. The van der Waals surface area contributed by atoms with E-state index < -0.39 is 0 Å². The Kier molecular flexibility index (Phi) is 5.86. The second kappa shape index (κ2) is 7.19. The van der Waals surface area contributed by atoms with Gasteiger partial charge in [0.2, 0.25) is 0 Å². The average Bonchev–Trinajstić information content (AvgIpc) is 2.36. The van der Waals surface area contributed by atoms with Gasteiger partial charge in [-0.15, -0.1) is 11.6 Å². The van der Waals surface area contributed by atoms with E-state index in [1.165, 1.54) is 0 Å². The van der Waals surface area contributed by atoms with Crippen LogP contribution in [0.5, 0.6) is 0 Å². The molecule has 92 valence electrons. The summed E-state index contributed by atoms with van der Waals surface area (Å²) in [6, 6.07) is 9.93. The number of nitrogens with zero attached hydrogens (tertiary/aromatic N) is 2. The molecule has 17 heavy (non-hydrogen) atoms. The van der Waals surface area contributed by atoms with Crippen molar-refractivity contribution in [2.45, 2.75) is 19.8 Å². The minimum Gasteiger partial charge on any atom is -0.374 e. The number of rotatable bonds is 6. The highest BCUT2D eigenvalue weighted by atomic mass is 35.5. The molecule has 0 saturated carbocycles. The minimum absolute atomic E-state index is 0.629. The molecule has 1 aromatic rings. The van der Waals surface area contributed by atoms with Gasteiger partial charge in [0.1, 0.15) is 6.07 Å². The zero-order valence-electron chi connectivity index (χ0n) is 10.5. The Bertz CT molecular complexity index is 384. The molecule has 0 aliphatic carbocycles. The molecule has 0 aromatic heterocycles. The van der Waals surface area contributed by atoms with Crippen LogP contribution in [0.4, 0.5) is 5.69 Å². The van der Waals surface area contributed by atoms with Crippen molar-refractivity contribution in [3.63, 3.8) is 0 Å². The first-order valence-electron chi connectivity index (χ1n) is 5.95. The van der Waals surface area contributed by atoms with E-state index in [4.69, 9.17) is 16.9 Å². The molecule has 1 rings (SSSR count). The molecule has 0 bridgehead atoms. The van der Waals surface area contributed by atoms with Crippen molar-refractivity contribution >= 4 is 17.3 Å². The van der Waals surface area contributed by atoms with Crippen LogP contribution < -0.4 is 4.90 Å². The van der Waals surface area contributed by atoms with Crippen LogP contribution in [-0.4, -0.2) is 19.5 Å². The van der Waals surface area contributed by atoms with Gasteiger partial charge in [-0.25, -0.2) is 0 Å². The molecular formula is C14H19ClN2. The normalized spacial score (nSPS) is 11.9. The summed E-state index contributed by atoms with van der Waals surface area (Å²) in [5.41, 5.74) is 1.74. The molecule has 0 amide bonds. The lowest BCUT2D eigenvalue weighted by atomic mass is 10.0. The molecular weight excluding hydrogens is 232 g/mol. The molecule has 2 nitrogen and oxygen atoms in total. The van der Waals surface area contributed by atoms with Crippen molar-refractivity contribution in [1.29, 1.82) is 5.26 Å².